The summed E-state index contributed by atoms with van der Waals surface area (Å²) in [6, 6.07) is 4.82. The van der Waals surface area contributed by atoms with Gasteiger partial charge in [0.2, 0.25) is 0 Å². The van der Waals surface area contributed by atoms with E-state index in [2.05, 4.69) is 25.6 Å². The van der Waals surface area contributed by atoms with E-state index in [0.29, 0.717) is 16.5 Å². The lowest BCUT2D eigenvalue weighted by molar-refractivity contribution is -0.133. The topological polar surface area (TPSA) is 126 Å². The molecule has 2 amide bonds. The van der Waals surface area contributed by atoms with E-state index < -0.39 is 11.8 Å². The highest BCUT2D eigenvalue weighted by atomic mass is 32.2. The molecular formula is C21H21N5O4S2. The van der Waals surface area contributed by atoms with Gasteiger partial charge in [-0.1, -0.05) is 24.2 Å². The van der Waals surface area contributed by atoms with Crippen molar-refractivity contribution >= 4 is 51.5 Å². The van der Waals surface area contributed by atoms with Crippen LogP contribution in [-0.4, -0.2) is 39.7 Å². The van der Waals surface area contributed by atoms with E-state index in [1.165, 1.54) is 30.2 Å². The molecule has 0 atom stereocenters. The highest BCUT2D eigenvalue weighted by Gasteiger charge is 2.27. The monoisotopic (exact) mass is 471 g/mol. The van der Waals surface area contributed by atoms with Gasteiger partial charge in [0.15, 0.2) is 16.1 Å². The van der Waals surface area contributed by atoms with Crippen molar-refractivity contribution in [2.75, 3.05) is 17.7 Å². The maximum absolute atomic E-state index is 13.0. The van der Waals surface area contributed by atoms with Crippen LogP contribution in [0.2, 0.25) is 0 Å². The van der Waals surface area contributed by atoms with Crippen molar-refractivity contribution in [1.29, 1.82) is 0 Å². The molecule has 3 N–H and O–H groups in total. The van der Waals surface area contributed by atoms with E-state index in [9.17, 15) is 14.4 Å². The van der Waals surface area contributed by atoms with Crippen molar-refractivity contribution in [3.05, 3.63) is 42.4 Å². The first-order chi connectivity index (χ1) is 15.5. The number of anilines is 2. The van der Waals surface area contributed by atoms with Crippen molar-refractivity contribution in [1.82, 2.24) is 15.0 Å². The molecule has 0 aliphatic heterocycles. The number of nitrogens with one attached hydrogen (secondary N) is 3. The minimum Gasteiger partial charge on any atom is -0.497 e. The number of aromatic nitrogens is 3. The molecule has 0 bridgehead atoms. The number of hydrogen-bond donors (Lipinski definition) is 3. The number of methoxy groups -OCH3 is 1. The van der Waals surface area contributed by atoms with Crippen LogP contribution in [0.1, 0.15) is 36.0 Å². The standard InChI is InChI=1S/C21H21N5O4S2/c1-30-13-6-7-15(14(10-13)17(27)12-4-2-3-5-12)25-18(28)19(29)26-21-24-11-16(32-21)31-20-22-8-9-23-20/h6-12H,2-5H2,1H3,(H,22,23)(H,25,28)(H,24,26,29). The minimum absolute atomic E-state index is 0.0448. The molecule has 1 aliphatic rings. The molecule has 1 aromatic carbocycles. The highest BCUT2D eigenvalue weighted by Crippen LogP contribution is 2.33. The van der Waals surface area contributed by atoms with Crippen molar-refractivity contribution in [2.45, 2.75) is 35.0 Å². The zero-order valence-electron chi connectivity index (χ0n) is 17.2. The van der Waals surface area contributed by atoms with Crippen LogP contribution in [0.15, 0.2) is 46.2 Å². The second kappa shape index (κ2) is 9.96. The molecule has 0 radical (unpaired) electrons. The lowest BCUT2D eigenvalue weighted by Crippen LogP contribution is -2.30. The van der Waals surface area contributed by atoms with E-state index >= 15 is 0 Å². The number of aromatic amines is 1. The van der Waals surface area contributed by atoms with Gasteiger partial charge in [-0.05, 0) is 42.8 Å². The third-order valence-corrected chi connectivity index (χ3v) is 6.98. The summed E-state index contributed by atoms with van der Waals surface area (Å²) in [5, 5.41) is 6.04. The molecule has 2 heterocycles. The third-order valence-electron chi connectivity index (χ3n) is 5.05. The summed E-state index contributed by atoms with van der Waals surface area (Å²) in [5.41, 5.74) is 0.639. The van der Waals surface area contributed by atoms with Crippen molar-refractivity contribution in [3.63, 3.8) is 0 Å². The van der Waals surface area contributed by atoms with Crippen LogP contribution in [0.25, 0.3) is 0 Å². The predicted octanol–water partition coefficient (Wildman–Crippen LogP) is 3.98. The van der Waals surface area contributed by atoms with E-state index in [4.69, 9.17) is 4.74 Å². The molecule has 1 fully saturated rings. The zero-order chi connectivity index (χ0) is 22.5. The Morgan fingerprint density at radius 2 is 1.94 bits per heavy atom. The molecule has 4 rings (SSSR count). The van der Waals surface area contributed by atoms with E-state index in [1.807, 2.05) is 0 Å². The number of benzene rings is 1. The van der Waals surface area contributed by atoms with Crippen LogP contribution in [0, 0.1) is 5.92 Å². The molecular weight excluding hydrogens is 450 g/mol. The Labute approximate surface area is 192 Å². The molecule has 166 valence electrons. The van der Waals surface area contributed by atoms with Crippen LogP contribution >= 0.6 is 23.1 Å². The molecule has 2 aromatic heterocycles. The number of imidazole rings is 1. The summed E-state index contributed by atoms with van der Waals surface area (Å²) in [4.78, 5) is 49.1. The third kappa shape index (κ3) is 5.17. The maximum atomic E-state index is 13.0. The number of hydrogen-bond acceptors (Lipinski definition) is 8. The SMILES string of the molecule is COc1ccc(NC(=O)C(=O)Nc2ncc(Sc3ncc[nH]3)s2)c(C(=O)C2CCCC2)c1. The largest absolute Gasteiger partial charge is 0.497 e. The predicted molar refractivity (Wildman–Crippen MR) is 121 cm³/mol. The summed E-state index contributed by atoms with van der Waals surface area (Å²) in [6.45, 7) is 0. The molecule has 9 nitrogen and oxygen atoms in total. The summed E-state index contributed by atoms with van der Waals surface area (Å²) >= 11 is 2.58. The first-order valence-corrected chi connectivity index (χ1v) is 11.6. The lowest BCUT2D eigenvalue weighted by Gasteiger charge is -2.14. The van der Waals surface area contributed by atoms with Crippen LogP contribution < -0.4 is 15.4 Å². The van der Waals surface area contributed by atoms with E-state index in [1.54, 1.807) is 36.8 Å². The van der Waals surface area contributed by atoms with Gasteiger partial charge < -0.3 is 15.0 Å². The van der Waals surface area contributed by atoms with Crippen molar-refractivity contribution in [2.24, 2.45) is 5.92 Å². The Hall–Kier alpha value is -3.18. The number of Topliss-reactive ketones (excluding diaryl/α,β-unsaturated/α-hetero) is 1. The fraction of sp³-hybridized carbons (Fsp3) is 0.286. The lowest BCUT2D eigenvalue weighted by atomic mass is 9.95. The number of amides is 2. The molecule has 0 unspecified atom stereocenters. The van der Waals surface area contributed by atoms with Gasteiger partial charge in [-0.3, -0.25) is 19.7 Å². The number of nitrogens with zero attached hydrogens (tertiary/aromatic N) is 2. The zero-order valence-corrected chi connectivity index (χ0v) is 18.8. The summed E-state index contributed by atoms with van der Waals surface area (Å²) in [5.74, 6) is -1.36. The smallest absolute Gasteiger partial charge is 0.315 e. The van der Waals surface area contributed by atoms with Gasteiger partial charge in [-0.25, -0.2) is 9.97 Å². The molecule has 32 heavy (non-hydrogen) atoms. The van der Waals surface area contributed by atoms with Gasteiger partial charge in [-0.2, -0.15) is 0 Å². The quantitative estimate of drug-likeness (QED) is 0.351. The average Bonchev–Trinajstić information content (AvgIpc) is 3.57. The van der Waals surface area contributed by atoms with E-state index in [-0.39, 0.29) is 22.5 Å². The maximum Gasteiger partial charge on any atom is 0.315 e. The van der Waals surface area contributed by atoms with Gasteiger partial charge in [0.25, 0.3) is 0 Å². The summed E-state index contributed by atoms with van der Waals surface area (Å²) in [6.07, 6.45) is 8.62. The van der Waals surface area contributed by atoms with E-state index in [0.717, 1.165) is 29.9 Å². The second-order valence-electron chi connectivity index (χ2n) is 7.15. The fourth-order valence-corrected chi connectivity index (χ4v) is 5.19. The van der Waals surface area contributed by atoms with Gasteiger partial charge in [-0.15, -0.1) is 0 Å². The highest BCUT2D eigenvalue weighted by molar-refractivity contribution is 8.01. The Morgan fingerprint density at radius 1 is 1.16 bits per heavy atom. The number of carbonyl (C=O) groups is 3. The Morgan fingerprint density at radius 3 is 2.66 bits per heavy atom. The molecule has 3 aromatic rings. The number of rotatable bonds is 7. The van der Waals surface area contributed by atoms with Gasteiger partial charge in [0, 0.05) is 23.9 Å². The first kappa shape index (κ1) is 22.0. The van der Waals surface area contributed by atoms with Gasteiger partial charge in [0.1, 0.15) is 5.75 Å². The number of ketones is 1. The second-order valence-corrected chi connectivity index (χ2v) is 9.47. The number of H-pyrrole nitrogens is 1. The molecule has 1 aliphatic carbocycles. The Balaban J connectivity index is 1.43. The van der Waals surface area contributed by atoms with Crippen LogP contribution in [0.3, 0.4) is 0 Å². The fourth-order valence-electron chi connectivity index (χ4n) is 3.47. The molecule has 1 saturated carbocycles. The number of carbonyl (C=O) groups excluding carboxylic acids is 3. The summed E-state index contributed by atoms with van der Waals surface area (Å²) in [7, 11) is 1.51. The van der Waals surface area contributed by atoms with Gasteiger partial charge in [0.05, 0.1) is 23.2 Å². The minimum atomic E-state index is -0.883. The summed E-state index contributed by atoms with van der Waals surface area (Å²) < 4.78 is 6.04. The molecule has 0 spiro atoms. The number of ether oxygens (including phenoxy) is 1. The average molecular weight is 472 g/mol. The van der Waals surface area contributed by atoms with Crippen LogP contribution in [-0.2, 0) is 9.59 Å². The normalized spacial score (nSPS) is 13.7. The van der Waals surface area contributed by atoms with Crippen LogP contribution in [0.5, 0.6) is 5.75 Å². The first-order valence-electron chi connectivity index (χ1n) is 10.0. The Kier molecular flexibility index (Phi) is 6.86. The van der Waals surface area contributed by atoms with Crippen molar-refractivity contribution < 1.29 is 19.1 Å². The Bertz CT molecular complexity index is 1120. The van der Waals surface area contributed by atoms with Crippen LogP contribution in [0.4, 0.5) is 10.8 Å². The molecule has 0 saturated heterocycles. The van der Waals surface area contributed by atoms with Gasteiger partial charge >= 0.3 is 11.8 Å². The molecule has 11 heteroatoms. The number of thiazole rings is 1. The van der Waals surface area contributed by atoms with Crippen molar-refractivity contribution in [3.8, 4) is 5.75 Å².